The lowest BCUT2D eigenvalue weighted by atomic mass is 10.2. The van der Waals surface area contributed by atoms with Crippen molar-refractivity contribution >= 4 is 56.7 Å². The van der Waals surface area contributed by atoms with Crippen LogP contribution >= 0.6 is 0 Å². The fraction of sp³-hybridized carbons (Fsp3) is 0. The number of hydrogen-bond donors (Lipinski definition) is 6. The zero-order valence-corrected chi connectivity index (χ0v) is 24.4. The van der Waals surface area contributed by atoms with Crippen molar-refractivity contribution in [3.05, 3.63) is 121 Å². The molecule has 46 heavy (non-hydrogen) atoms. The Morgan fingerprint density at radius 2 is 0.978 bits per heavy atom. The molecule has 0 radical (unpaired) electrons. The Morgan fingerprint density at radius 1 is 0.478 bits per heavy atom. The van der Waals surface area contributed by atoms with E-state index >= 15 is 0 Å². The van der Waals surface area contributed by atoms with E-state index in [4.69, 9.17) is 11.5 Å². The van der Waals surface area contributed by atoms with Crippen LogP contribution < -0.4 is 22.1 Å². The van der Waals surface area contributed by atoms with Crippen molar-refractivity contribution in [1.29, 1.82) is 0 Å². The molecule has 224 valence electrons. The summed E-state index contributed by atoms with van der Waals surface area (Å²) in [7, 11) is 0. The van der Waals surface area contributed by atoms with Gasteiger partial charge in [-0.3, -0.25) is 10.2 Å². The third-order valence-corrected chi connectivity index (χ3v) is 7.03. The maximum absolute atomic E-state index is 6.14. The van der Waals surface area contributed by atoms with Gasteiger partial charge in [-0.2, -0.15) is 10.2 Å². The van der Waals surface area contributed by atoms with E-state index in [0.717, 1.165) is 22.5 Å². The summed E-state index contributed by atoms with van der Waals surface area (Å²) in [5.41, 5.74) is 17.1. The van der Waals surface area contributed by atoms with Crippen LogP contribution in [0.3, 0.4) is 0 Å². The molecular formula is C34H28N12. The first-order valence-electron chi connectivity index (χ1n) is 14.4. The smallest absolute Gasteiger partial charge is 0.188 e. The molecule has 0 atom stereocenters. The number of para-hydroxylation sites is 2. The van der Waals surface area contributed by atoms with Crippen molar-refractivity contribution in [2.24, 2.45) is 0 Å². The van der Waals surface area contributed by atoms with Crippen LogP contribution in [0.5, 0.6) is 0 Å². The zero-order chi connectivity index (χ0) is 31.3. The van der Waals surface area contributed by atoms with E-state index in [9.17, 15) is 0 Å². The van der Waals surface area contributed by atoms with Gasteiger partial charge < -0.3 is 22.1 Å². The number of rotatable bonds is 6. The molecule has 12 nitrogen and oxygen atoms in total. The summed E-state index contributed by atoms with van der Waals surface area (Å²) in [6.45, 7) is 0. The van der Waals surface area contributed by atoms with Crippen LogP contribution in [0.4, 0.5) is 34.6 Å². The molecule has 8 N–H and O–H groups in total. The van der Waals surface area contributed by atoms with Gasteiger partial charge in [-0.25, -0.2) is 19.9 Å². The third kappa shape index (κ3) is 5.85. The lowest BCUT2D eigenvalue weighted by Crippen LogP contribution is -1.98. The highest BCUT2D eigenvalue weighted by Gasteiger charge is 2.16. The predicted octanol–water partition coefficient (Wildman–Crippen LogP) is 6.69. The number of aromatic amines is 2. The Bertz CT molecular complexity index is 2050. The Hall–Kier alpha value is -6.82. The summed E-state index contributed by atoms with van der Waals surface area (Å²) in [5, 5.41) is 22.2. The predicted molar refractivity (Wildman–Crippen MR) is 183 cm³/mol. The van der Waals surface area contributed by atoms with E-state index in [0.29, 0.717) is 57.0 Å². The van der Waals surface area contributed by atoms with E-state index in [1.807, 2.05) is 121 Å². The number of nitrogens with two attached hydrogens (primary N) is 2. The van der Waals surface area contributed by atoms with Gasteiger partial charge in [-0.05, 0) is 24.3 Å². The maximum atomic E-state index is 6.14. The van der Waals surface area contributed by atoms with Crippen LogP contribution in [0.2, 0.25) is 0 Å². The minimum atomic E-state index is 0.390. The molecule has 0 saturated carbocycles. The fourth-order valence-corrected chi connectivity index (χ4v) is 4.85. The molecule has 0 fully saturated rings. The van der Waals surface area contributed by atoms with E-state index in [1.165, 1.54) is 0 Å². The lowest BCUT2D eigenvalue weighted by molar-refractivity contribution is 1.09. The van der Waals surface area contributed by atoms with Gasteiger partial charge in [0.1, 0.15) is 28.2 Å². The van der Waals surface area contributed by atoms with Gasteiger partial charge >= 0.3 is 0 Å². The number of nitrogens with zero attached hydrogens (tertiary/aromatic N) is 6. The monoisotopic (exact) mass is 604 g/mol. The summed E-state index contributed by atoms with van der Waals surface area (Å²) >= 11 is 0. The standard InChI is InChI=1S/2C17H14N6/c2*18-14-13-16(19-12-9-5-2-6-10-12)22-23-17(13)21-15(20-14)11-7-3-1-4-8-11/h2*1-10H,(H4,18,19,20,21,22,23). The number of fused-ring (bicyclic) bond motifs is 2. The molecule has 4 aromatic carbocycles. The average molecular weight is 605 g/mol. The van der Waals surface area contributed by atoms with Gasteiger partial charge in [0.15, 0.2) is 28.8 Å². The van der Waals surface area contributed by atoms with Gasteiger partial charge in [0.2, 0.25) is 0 Å². The first-order valence-corrected chi connectivity index (χ1v) is 14.4. The number of anilines is 6. The Balaban J connectivity index is 0.000000147. The van der Waals surface area contributed by atoms with Crippen LogP contribution in [0, 0.1) is 0 Å². The largest absolute Gasteiger partial charge is 0.383 e. The number of hydrogen-bond acceptors (Lipinski definition) is 10. The number of aromatic nitrogens is 8. The molecule has 0 spiro atoms. The number of H-pyrrole nitrogens is 2. The molecular weight excluding hydrogens is 576 g/mol. The molecule has 0 amide bonds. The molecule has 4 aromatic heterocycles. The number of nitrogens with one attached hydrogen (secondary N) is 4. The molecule has 0 bridgehead atoms. The summed E-state index contributed by atoms with van der Waals surface area (Å²) in [5.74, 6) is 3.22. The summed E-state index contributed by atoms with van der Waals surface area (Å²) < 4.78 is 0. The van der Waals surface area contributed by atoms with Crippen molar-refractivity contribution in [3.63, 3.8) is 0 Å². The molecule has 0 aliphatic heterocycles. The van der Waals surface area contributed by atoms with Crippen LogP contribution in [0.25, 0.3) is 44.8 Å². The van der Waals surface area contributed by atoms with Crippen molar-refractivity contribution in [2.75, 3.05) is 22.1 Å². The van der Waals surface area contributed by atoms with Crippen LogP contribution in [-0.4, -0.2) is 40.3 Å². The molecule has 4 heterocycles. The van der Waals surface area contributed by atoms with Crippen molar-refractivity contribution in [3.8, 4) is 22.8 Å². The molecule has 0 saturated heterocycles. The Morgan fingerprint density at radius 3 is 1.57 bits per heavy atom. The van der Waals surface area contributed by atoms with E-state index in [2.05, 4.69) is 51.0 Å². The first-order chi connectivity index (χ1) is 22.6. The second-order valence-electron chi connectivity index (χ2n) is 10.2. The lowest BCUT2D eigenvalue weighted by Gasteiger charge is -2.05. The zero-order valence-electron chi connectivity index (χ0n) is 24.4. The van der Waals surface area contributed by atoms with Crippen molar-refractivity contribution in [2.45, 2.75) is 0 Å². The molecule has 8 rings (SSSR count). The van der Waals surface area contributed by atoms with Gasteiger partial charge in [0.05, 0.1) is 0 Å². The van der Waals surface area contributed by atoms with Crippen molar-refractivity contribution in [1.82, 2.24) is 40.3 Å². The number of benzene rings is 4. The maximum Gasteiger partial charge on any atom is 0.188 e. The SMILES string of the molecule is Nc1nc(-c2ccccc2)nc2[nH]nc(Nc3ccccc3)c12.Nc1nc(-c2ccccc2)nc2n[nH]c(Nc3ccccc3)c12. The second kappa shape index (κ2) is 12.4. The molecule has 12 heteroatoms. The highest BCUT2D eigenvalue weighted by Crippen LogP contribution is 2.30. The first kappa shape index (κ1) is 28.0. The van der Waals surface area contributed by atoms with Crippen LogP contribution in [0.15, 0.2) is 121 Å². The van der Waals surface area contributed by atoms with Crippen LogP contribution in [0.1, 0.15) is 0 Å². The van der Waals surface area contributed by atoms with E-state index in [-0.39, 0.29) is 0 Å². The molecule has 0 aliphatic carbocycles. The summed E-state index contributed by atoms with van der Waals surface area (Å²) in [6, 6.07) is 39.0. The minimum absolute atomic E-state index is 0.390. The minimum Gasteiger partial charge on any atom is -0.383 e. The highest BCUT2D eigenvalue weighted by atomic mass is 15.2. The van der Waals surface area contributed by atoms with Crippen molar-refractivity contribution < 1.29 is 0 Å². The number of nitrogen functional groups attached to an aromatic ring is 2. The van der Waals surface area contributed by atoms with Gasteiger partial charge in [-0.15, -0.1) is 0 Å². The average Bonchev–Trinajstić information content (AvgIpc) is 3.71. The highest BCUT2D eigenvalue weighted by molar-refractivity contribution is 5.98. The molecule has 0 unspecified atom stereocenters. The Labute approximate surface area is 263 Å². The Kier molecular flexibility index (Phi) is 7.56. The normalized spacial score (nSPS) is 10.8. The van der Waals surface area contributed by atoms with Gasteiger partial charge in [0, 0.05) is 22.5 Å². The third-order valence-electron chi connectivity index (χ3n) is 7.03. The molecule has 8 aromatic rings. The van der Waals surface area contributed by atoms with E-state index in [1.54, 1.807) is 0 Å². The summed E-state index contributed by atoms with van der Waals surface area (Å²) in [4.78, 5) is 17.8. The topological polar surface area (TPSA) is 185 Å². The van der Waals surface area contributed by atoms with E-state index < -0.39 is 0 Å². The van der Waals surface area contributed by atoms with Gasteiger partial charge in [-0.1, -0.05) is 97.1 Å². The second-order valence-corrected chi connectivity index (χ2v) is 10.2. The quantitative estimate of drug-likeness (QED) is 0.119. The molecule has 0 aliphatic rings. The summed E-state index contributed by atoms with van der Waals surface area (Å²) in [6.07, 6.45) is 0. The van der Waals surface area contributed by atoms with Crippen LogP contribution in [-0.2, 0) is 0 Å². The fourth-order valence-electron chi connectivity index (χ4n) is 4.85. The van der Waals surface area contributed by atoms with Gasteiger partial charge in [0.25, 0.3) is 0 Å².